The summed E-state index contributed by atoms with van der Waals surface area (Å²) >= 11 is 0. The van der Waals surface area contributed by atoms with E-state index in [1.807, 2.05) is 58.0 Å². The summed E-state index contributed by atoms with van der Waals surface area (Å²) in [6.07, 6.45) is 7.22. The normalized spacial score (nSPS) is 15.5. The van der Waals surface area contributed by atoms with Gasteiger partial charge in [-0.1, -0.05) is 50.8 Å². The molecule has 37 heavy (non-hydrogen) atoms. The first-order valence-corrected chi connectivity index (χ1v) is 12.8. The number of carboxylic acid groups (broad SMARTS) is 1. The highest BCUT2D eigenvalue weighted by molar-refractivity contribution is 5.87. The number of carbonyl (C=O) groups excluding carboxylic acids is 1. The topological polar surface area (TPSA) is 101 Å². The summed E-state index contributed by atoms with van der Waals surface area (Å²) in [6.45, 7) is 11.9. The van der Waals surface area contributed by atoms with Crippen molar-refractivity contribution in [2.45, 2.75) is 71.4 Å². The maximum atomic E-state index is 13.5. The zero-order chi connectivity index (χ0) is 27.1. The number of carboxylic acids is 1. The van der Waals surface area contributed by atoms with Crippen molar-refractivity contribution < 1.29 is 14.7 Å². The number of pyridine rings is 1. The minimum absolute atomic E-state index is 0.143. The van der Waals surface area contributed by atoms with Gasteiger partial charge >= 0.3 is 5.97 Å². The van der Waals surface area contributed by atoms with Crippen molar-refractivity contribution in [2.75, 3.05) is 0 Å². The molecule has 3 rings (SSSR count). The van der Waals surface area contributed by atoms with E-state index in [4.69, 9.17) is 0 Å². The summed E-state index contributed by atoms with van der Waals surface area (Å²) in [5.74, 6) is -0.901. The standard InChI is InChI=1S/C30H37N3O4/c1-19(2)14-27(33-18-24(23-10-11-23)12-13-28(33)34)30(37)32-26(15-29(35)36)22(5)17-31-16-21(4)25-9-7-6-8-20(25)3/h6-9,12-13,16-19,23,26-27H,5,10-11,14-15H2,1-4H3,(H,32,37)(H,35,36)/b21-16+,31-17?/t26-,27+/m1/s1. The number of aromatic nitrogens is 1. The van der Waals surface area contributed by atoms with Crippen molar-refractivity contribution in [1.82, 2.24) is 9.88 Å². The van der Waals surface area contributed by atoms with Gasteiger partial charge in [0.25, 0.3) is 5.56 Å². The third-order valence-corrected chi connectivity index (χ3v) is 6.56. The Labute approximate surface area is 218 Å². The molecule has 1 aliphatic carbocycles. The Bertz CT molecular complexity index is 1270. The number of benzene rings is 1. The molecule has 1 aromatic carbocycles. The summed E-state index contributed by atoms with van der Waals surface area (Å²) in [5, 5.41) is 12.3. The van der Waals surface area contributed by atoms with Crippen molar-refractivity contribution >= 4 is 23.7 Å². The highest BCUT2D eigenvalue weighted by atomic mass is 16.4. The number of hydrogen-bond acceptors (Lipinski definition) is 4. The quantitative estimate of drug-likeness (QED) is 0.385. The second-order valence-electron chi connectivity index (χ2n) is 10.3. The first kappa shape index (κ1) is 27.8. The van der Waals surface area contributed by atoms with Crippen LogP contribution in [0.3, 0.4) is 0 Å². The number of nitrogens with zero attached hydrogens (tertiary/aromatic N) is 2. The van der Waals surface area contributed by atoms with Gasteiger partial charge in [0.05, 0.1) is 12.5 Å². The third-order valence-electron chi connectivity index (χ3n) is 6.56. The molecule has 1 aliphatic rings. The SMILES string of the molecule is C=C(C=N/C=C(\C)c1ccccc1C)[C@@H](CC(=O)O)NC(=O)[C@H](CC(C)C)n1cc(C2CC2)ccc1=O. The van der Waals surface area contributed by atoms with Gasteiger partial charge in [0.2, 0.25) is 5.91 Å². The molecule has 1 heterocycles. The van der Waals surface area contributed by atoms with E-state index in [2.05, 4.69) is 16.9 Å². The van der Waals surface area contributed by atoms with Crippen LogP contribution >= 0.6 is 0 Å². The Hall–Kier alpha value is -3.74. The maximum Gasteiger partial charge on any atom is 0.305 e. The van der Waals surface area contributed by atoms with Crippen molar-refractivity contribution in [3.05, 3.63) is 88.0 Å². The fourth-order valence-electron chi connectivity index (χ4n) is 4.35. The molecule has 0 bridgehead atoms. The fourth-order valence-corrected chi connectivity index (χ4v) is 4.35. The summed E-state index contributed by atoms with van der Waals surface area (Å²) < 4.78 is 1.49. The minimum atomic E-state index is -1.07. The first-order valence-electron chi connectivity index (χ1n) is 12.8. The largest absolute Gasteiger partial charge is 0.481 e. The zero-order valence-electron chi connectivity index (χ0n) is 22.1. The Morgan fingerprint density at radius 3 is 2.54 bits per heavy atom. The molecule has 1 aromatic heterocycles. The predicted molar refractivity (Wildman–Crippen MR) is 148 cm³/mol. The Morgan fingerprint density at radius 1 is 1.22 bits per heavy atom. The highest BCUT2D eigenvalue weighted by Crippen LogP contribution is 2.39. The van der Waals surface area contributed by atoms with Crippen LogP contribution < -0.4 is 10.9 Å². The molecule has 1 fully saturated rings. The number of carbonyl (C=O) groups is 2. The van der Waals surface area contributed by atoms with Crippen molar-refractivity contribution in [3.63, 3.8) is 0 Å². The second kappa shape index (κ2) is 12.5. The van der Waals surface area contributed by atoms with Gasteiger partial charge in [-0.2, -0.15) is 0 Å². The van der Waals surface area contributed by atoms with Crippen LogP contribution in [0.5, 0.6) is 0 Å². The molecule has 2 atom stereocenters. The smallest absolute Gasteiger partial charge is 0.305 e. The Kier molecular flexibility index (Phi) is 9.39. The van der Waals surface area contributed by atoms with Crippen molar-refractivity contribution in [2.24, 2.45) is 10.9 Å². The van der Waals surface area contributed by atoms with E-state index in [1.54, 1.807) is 12.4 Å². The van der Waals surface area contributed by atoms with E-state index >= 15 is 0 Å². The number of aliphatic imine (C=N–C) groups is 1. The highest BCUT2D eigenvalue weighted by Gasteiger charge is 2.29. The summed E-state index contributed by atoms with van der Waals surface area (Å²) in [5.41, 5.74) is 4.31. The minimum Gasteiger partial charge on any atom is -0.481 e. The molecule has 7 nitrogen and oxygen atoms in total. The molecule has 0 aliphatic heterocycles. The fraction of sp³-hybridized carbons (Fsp3) is 0.400. The van der Waals surface area contributed by atoms with Gasteiger partial charge in [-0.15, -0.1) is 0 Å². The van der Waals surface area contributed by atoms with Gasteiger partial charge in [-0.3, -0.25) is 19.4 Å². The van der Waals surface area contributed by atoms with Crippen molar-refractivity contribution in [3.8, 4) is 0 Å². The molecule has 196 valence electrons. The summed E-state index contributed by atoms with van der Waals surface area (Å²) in [4.78, 5) is 42.1. The first-order chi connectivity index (χ1) is 17.6. The lowest BCUT2D eigenvalue weighted by Crippen LogP contribution is -2.44. The number of hydrogen-bond donors (Lipinski definition) is 2. The average Bonchev–Trinajstić information content (AvgIpc) is 3.68. The molecule has 2 N–H and O–H groups in total. The molecular formula is C30H37N3O4. The molecule has 0 radical (unpaired) electrons. The third kappa shape index (κ3) is 7.87. The van der Waals surface area contributed by atoms with E-state index < -0.39 is 24.0 Å². The van der Waals surface area contributed by atoms with Crippen LogP contribution in [0, 0.1) is 12.8 Å². The Balaban J connectivity index is 1.81. The van der Waals surface area contributed by atoms with E-state index in [0.717, 1.165) is 35.1 Å². The van der Waals surface area contributed by atoms with Crippen LogP contribution in [-0.4, -0.2) is 33.8 Å². The summed E-state index contributed by atoms with van der Waals surface area (Å²) in [7, 11) is 0. The molecule has 0 saturated heterocycles. The number of amides is 1. The van der Waals surface area contributed by atoms with Gasteiger partial charge in [0.15, 0.2) is 0 Å². The maximum absolute atomic E-state index is 13.5. The molecule has 1 amide bonds. The number of nitrogens with one attached hydrogen (secondary N) is 1. The summed E-state index contributed by atoms with van der Waals surface area (Å²) in [6, 6.07) is 9.69. The van der Waals surface area contributed by atoms with Crippen LogP contribution in [0.2, 0.25) is 0 Å². The monoisotopic (exact) mass is 503 g/mol. The predicted octanol–water partition coefficient (Wildman–Crippen LogP) is 5.27. The van der Waals surface area contributed by atoms with E-state index in [0.29, 0.717) is 17.9 Å². The number of rotatable bonds is 12. The number of aryl methyl sites for hydroxylation is 1. The lowest BCUT2D eigenvalue weighted by molar-refractivity contribution is -0.137. The Morgan fingerprint density at radius 2 is 1.92 bits per heavy atom. The van der Waals surface area contributed by atoms with Crippen LogP contribution in [0.25, 0.3) is 5.57 Å². The van der Waals surface area contributed by atoms with Gasteiger partial charge in [-0.25, -0.2) is 0 Å². The van der Waals surface area contributed by atoms with Crippen LogP contribution in [0.15, 0.2) is 70.7 Å². The van der Waals surface area contributed by atoms with E-state index in [1.165, 1.54) is 16.8 Å². The van der Waals surface area contributed by atoms with Crippen LogP contribution in [-0.2, 0) is 9.59 Å². The van der Waals surface area contributed by atoms with Crippen molar-refractivity contribution in [1.29, 1.82) is 0 Å². The van der Waals surface area contributed by atoms with E-state index in [-0.39, 0.29) is 17.9 Å². The van der Waals surface area contributed by atoms with Gasteiger partial charge in [0, 0.05) is 24.7 Å². The van der Waals surface area contributed by atoms with Crippen LogP contribution in [0.4, 0.5) is 0 Å². The van der Waals surface area contributed by atoms with Gasteiger partial charge in [0.1, 0.15) is 6.04 Å². The van der Waals surface area contributed by atoms with E-state index in [9.17, 15) is 19.5 Å². The molecule has 2 aromatic rings. The van der Waals surface area contributed by atoms with Gasteiger partial charge < -0.3 is 15.0 Å². The van der Waals surface area contributed by atoms with Gasteiger partial charge in [-0.05, 0) is 72.8 Å². The lowest BCUT2D eigenvalue weighted by Gasteiger charge is -2.25. The number of allylic oxidation sites excluding steroid dienone is 1. The molecule has 1 saturated carbocycles. The molecule has 7 heteroatoms. The van der Waals surface area contributed by atoms with Crippen LogP contribution in [0.1, 0.15) is 75.1 Å². The second-order valence-corrected chi connectivity index (χ2v) is 10.3. The molecular weight excluding hydrogens is 466 g/mol. The average molecular weight is 504 g/mol. The number of aliphatic carboxylic acids is 1. The zero-order valence-corrected chi connectivity index (χ0v) is 22.1. The lowest BCUT2D eigenvalue weighted by atomic mass is 10.00. The molecule has 0 unspecified atom stereocenters. The molecule has 0 spiro atoms.